The summed E-state index contributed by atoms with van der Waals surface area (Å²) in [6.07, 6.45) is 0.745. The van der Waals surface area contributed by atoms with Gasteiger partial charge in [0.1, 0.15) is 28.3 Å². The largest absolute Gasteiger partial charge is 0.492 e. The van der Waals surface area contributed by atoms with E-state index in [9.17, 15) is 12.8 Å². The molecule has 1 N–H and O–H groups in total. The van der Waals surface area contributed by atoms with Crippen molar-refractivity contribution in [1.82, 2.24) is 0 Å². The molecule has 1 unspecified atom stereocenters. The Morgan fingerprint density at radius 3 is 2.80 bits per heavy atom. The summed E-state index contributed by atoms with van der Waals surface area (Å²) in [4.78, 5) is -0.215. The highest BCUT2D eigenvalue weighted by molar-refractivity contribution is 7.92. The van der Waals surface area contributed by atoms with E-state index in [4.69, 9.17) is 21.1 Å². The quantitative estimate of drug-likeness (QED) is 0.844. The van der Waals surface area contributed by atoms with Gasteiger partial charge < -0.3 is 9.47 Å². The van der Waals surface area contributed by atoms with Crippen LogP contribution in [0.2, 0.25) is 5.02 Å². The molecule has 0 saturated carbocycles. The van der Waals surface area contributed by atoms with Crippen LogP contribution >= 0.6 is 11.6 Å². The van der Waals surface area contributed by atoms with E-state index in [1.165, 1.54) is 0 Å². The predicted molar refractivity (Wildman–Crippen MR) is 93.6 cm³/mol. The van der Waals surface area contributed by atoms with E-state index in [0.717, 1.165) is 30.2 Å². The molecule has 0 spiro atoms. The summed E-state index contributed by atoms with van der Waals surface area (Å²) in [7, 11) is -4.02. The smallest absolute Gasteiger partial charge is 0.263 e. The van der Waals surface area contributed by atoms with E-state index in [2.05, 4.69) is 4.72 Å². The average molecular weight is 386 g/mol. The van der Waals surface area contributed by atoms with Crippen LogP contribution in [0.3, 0.4) is 0 Å². The summed E-state index contributed by atoms with van der Waals surface area (Å²) < 4.78 is 52.1. The van der Waals surface area contributed by atoms with Crippen LogP contribution in [0.5, 0.6) is 11.5 Å². The van der Waals surface area contributed by atoms with E-state index in [1.54, 1.807) is 12.1 Å². The molecule has 25 heavy (non-hydrogen) atoms. The molecule has 0 aromatic heterocycles. The van der Waals surface area contributed by atoms with Gasteiger partial charge >= 0.3 is 0 Å². The van der Waals surface area contributed by atoms with E-state index in [-0.39, 0.29) is 21.7 Å². The molecule has 0 radical (unpaired) electrons. The first-order valence-corrected chi connectivity index (χ1v) is 9.60. The van der Waals surface area contributed by atoms with Crippen molar-refractivity contribution in [1.29, 1.82) is 0 Å². The Balaban J connectivity index is 2.00. The summed E-state index contributed by atoms with van der Waals surface area (Å²) in [5, 5.41) is -0.198. The van der Waals surface area contributed by atoms with Crippen molar-refractivity contribution in [3.05, 3.63) is 46.7 Å². The summed E-state index contributed by atoms with van der Waals surface area (Å²) >= 11 is 5.88. The molecule has 1 heterocycles. The molecule has 134 valence electrons. The maximum absolute atomic E-state index is 13.2. The van der Waals surface area contributed by atoms with Crippen LogP contribution in [0.4, 0.5) is 10.1 Å². The van der Waals surface area contributed by atoms with Crippen LogP contribution in [-0.4, -0.2) is 21.1 Å². The lowest BCUT2D eigenvalue weighted by atomic mass is 10.1. The van der Waals surface area contributed by atoms with Gasteiger partial charge in [0.2, 0.25) is 0 Å². The van der Waals surface area contributed by atoms with Gasteiger partial charge in [0, 0.05) is 18.1 Å². The Morgan fingerprint density at radius 1 is 1.36 bits per heavy atom. The van der Waals surface area contributed by atoms with Gasteiger partial charge in [0.05, 0.1) is 17.3 Å². The minimum Gasteiger partial charge on any atom is -0.492 e. The second-order valence-corrected chi connectivity index (χ2v) is 7.76. The van der Waals surface area contributed by atoms with Gasteiger partial charge in [-0.3, -0.25) is 4.72 Å². The summed E-state index contributed by atoms with van der Waals surface area (Å²) in [6, 6.07) is 6.47. The first-order valence-electron chi connectivity index (χ1n) is 7.74. The number of nitrogens with one attached hydrogen (secondary N) is 1. The summed E-state index contributed by atoms with van der Waals surface area (Å²) in [5.74, 6) is 0.401. The molecular weight excluding hydrogens is 369 g/mol. The Labute approximate surface area is 150 Å². The van der Waals surface area contributed by atoms with Crippen LogP contribution in [0.15, 0.2) is 35.2 Å². The van der Waals surface area contributed by atoms with Crippen LogP contribution in [0, 0.1) is 5.82 Å². The number of fused-ring (bicyclic) bond motifs is 1. The zero-order chi connectivity index (χ0) is 18.2. The number of rotatable bonds is 5. The van der Waals surface area contributed by atoms with Crippen molar-refractivity contribution in [3.8, 4) is 11.5 Å². The third-order valence-electron chi connectivity index (χ3n) is 3.73. The first-order chi connectivity index (χ1) is 11.8. The minimum atomic E-state index is -4.02. The number of ether oxygens (including phenoxy) is 2. The predicted octanol–water partition coefficient (Wildman–Crippen LogP) is 4.00. The van der Waals surface area contributed by atoms with E-state index < -0.39 is 15.8 Å². The SMILES string of the molecule is CCOc1cc2c(cc1NS(=O)(=O)c1ccc(F)cc1Cl)OC(C)C2. The van der Waals surface area contributed by atoms with Crippen LogP contribution in [-0.2, 0) is 16.4 Å². The molecule has 1 atom stereocenters. The molecule has 2 aromatic carbocycles. The van der Waals surface area contributed by atoms with Gasteiger partial charge in [-0.25, -0.2) is 12.8 Å². The maximum atomic E-state index is 13.2. The normalized spacial score (nSPS) is 16.2. The Morgan fingerprint density at radius 2 is 2.12 bits per heavy atom. The van der Waals surface area contributed by atoms with Gasteiger partial charge in [0.15, 0.2) is 0 Å². The Kier molecular flexibility index (Phi) is 4.79. The van der Waals surface area contributed by atoms with E-state index >= 15 is 0 Å². The molecule has 0 bridgehead atoms. The highest BCUT2D eigenvalue weighted by Crippen LogP contribution is 2.39. The lowest BCUT2D eigenvalue weighted by Crippen LogP contribution is -2.14. The van der Waals surface area contributed by atoms with Gasteiger partial charge in [-0.05, 0) is 38.1 Å². The molecule has 5 nitrogen and oxygen atoms in total. The van der Waals surface area contributed by atoms with Crippen molar-refractivity contribution in [3.63, 3.8) is 0 Å². The molecule has 8 heteroatoms. The van der Waals surface area contributed by atoms with Crippen LogP contribution < -0.4 is 14.2 Å². The van der Waals surface area contributed by atoms with E-state index in [0.29, 0.717) is 18.1 Å². The number of benzene rings is 2. The van der Waals surface area contributed by atoms with E-state index in [1.807, 2.05) is 13.8 Å². The van der Waals surface area contributed by atoms with Crippen molar-refractivity contribution < 1.29 is 22.3 Å². The number of hydrogen-bond acceptors (Lipinski definition) is 4. The van der Waals surface area contributed by atoms with Gasteiger partial charge in [-0.2, -0.15) is 0 Å². The average Bonchev–Trinajstić information content (AvgIpc) is 2.86. The fraction of sp³-hybridized carbons (Fsp3) is 0.294. The Hall–Kier alpha value is -1.99. The zero-order valence-corrected chi connectivity index (χ0v) is 15.2. The molecule has 3 rings (SSSR count). The lowest BCUT2D eigenvalue weighted by Gasteiger charge is -2.15. The molecule has 2 aromatic rings. The van der Waals surface area contributed by atoms with Crippen LogP contribution in [0.1, 0.15) is 19.4 Å². The summed E-state index contributed by atoms with van der Waals surface area (Å²) in [5.41, 5.74) is 1.20. The third-order valence-corrected chi connectivity index (χ3v) is 5.57. The second kappa shape index (κ2) is 6.72. The van der Waals surface area contributed by atoms with Gasteiger partial charge in [0.25, 0.3) is 10.0 Å². The zero-order valence-electron chi connectivity index (χ0n) is 13.7. The fourth-order valence-electron chi connectivity index (χ4n) is 2.69. The van der Waals surface area contributed by atoms with Crippen molar-refractivity contribution >= 4 is 27.3 Å². The second-order valence-electron chi connectivity index (χ2n) is 5.70. The third kappa shape index (κ3) is 3.67. The number of sulfonamides is 1. The van der Waals surface area contributed by atoms with Crippen molar-refractivity contribution in [2.24, 2.45) is 0 Å². The molecule has 0 amide bonds. The maximum Gasteiger partial charge on any atom is 0.263 e. The van der Waals surface area contributed by atoms with Crippen molar-refractivity contribution in [2.45, 2.75) is 31.3 Å². The van der Waals surface area contributed by atoms with Crippen molar-refractivity contribution in [2.75, 3.05) is 11.3 Å². The summed E-state index contributed by atoms with van der Waals surface area (Å²) in [6.45, 7) is 4.12. The fourth-order valence-corrected chi connectivity index (χ4v) is 4.28. The lowest BCUT2D eigenvalue weighted by molar-refractivity contribution is 0.254. The molecular formula is C17H17ClFNO4S. The molecule has 1 aliphatic heterocycles. The van der Waals surface area contributed by atoms with Gasteiger partial charge in [-0.15, -0.1) is 0 Å². The topological polar surface area (TPSA) is 64.6 Å². The highest BCUT2D eigenvalue weighted by atomic mass is 35.5. The Bertz CT molecular complexity index is 917. The monoisotopic (exact) mass is 385 g/mol. The van der Waals surface area contributed by atoms with Crippen LogP contribution in [0.25, 0.3) is 0 Å². The molecule has 0 saturated heterocycles. The standard InChI is InChI=1S/C17H17ClFNO4S/c1-3-23-16-7-11-6-10(2)24-15(11)9-14(16)20-25(21,22)17-5-4-12(19)8-13(17)18/h4-5,7-10,20H,3,6H2,1-2H3. The molecule has 1 aliphatic rings. The van der Waals surface area contributed by atoms with Gasteiger partial charge in [-0.1, -0.05) is 11.6 Å². The highest BCUT2D eigenvalue weighted by Gasteiger charge is 2.25. The minimum absolute atomic E-state index is 0.0166. The number of hydrogen-bond donors (Lipinski definition) is 1. The molecule has 0 fully saturated rings. The number of halogens is 2. The number of anilines is 1. The first kappa shape index (κ1) is 17.8. The molecule has 0 aliphatic carbocycles.